The largest absolute Gasteiger partial charge is 0.462 e. The van der Waals surface area contributed by atoms with Crippen molar-refractivity contribution in [3.05, 3.63) is 12.2 Å². The molecule has 4 heteroatoms. The molecule has 0 aliphatic rings. The summed E-state index contributed by atoms with van der Waals surface area (Å²) in [5, 5.41) is 0. The van der Waals surface area contributed by atoms with Crippen LogP contribution < -0.4 is 0 Å². The quantitative estimate of drug-likeness (QED) is 0.218. The molecular formula is C21H38O4. The lowest BCUT2D eigenvalue weighted by molar-refractivity contribution is -0.154. The number of carbonyl (C=O) groups excluding carboxylic acids is 2. The molecule has 0 saturated heterocycles. The highest BCUT2D eigenvalue weighted by Gasteiger charge is 2.14. The molecular weight excluding hydrogens is 316 g/mol. The van der Waals surface area contributed by atoms with E-state index in [1.165, 1.54) is 44.9 Å². The van der Waals surface area contributed by atoms with Crippen LogP contribution in [0, 0.1) is 5.92 Å². The Bertz CT molecular complexity index is 374. The van der Waals surface area contributed by atoms with Crippen molar-refractivity contribution in [2.24, 2.45) is 5.92 Å². The summed E-state index contributed by atoms with van der Waals surface area (Å²) in [7, 11) is 0. The topological polar surface area (TPSA) is 52.6 Å². The van der Waals surface area contributed by atoms with E-state index in [1.54, 1.807) is 0 Å². The molecule has 0 spiro atoms. The van der Waals surface area contributed by atoms with E-state index < -0.39 is 0 Å². The van der Waals surface area contributed by atoms with Gasteiger partial charge in [0.25, 0.3) is 0 Å². The Kier molecular flexibility index (Phi) is 15.3. The minimum absolute atomic E-state index is 0.0786. The number of esters is 2. The molecule has 0 amide bonds. The Morgan fingerprint density at radius 1 is 0.840 bits per heavy atom. The van der Waals surface area contributed by atoms with Crippen LogP contribution in [0.5, 0.6) is 0 Å². The van der Waals surface area contributed by atoms with Crippen molar-refractivity contribution in [1.82, 2.24) is 0 Å². The molecule has 0 bridgehead atoms. The molecule has 0 heterocycles. The molecule has 0 aromatic heterocycles. The number of allylic oxidation sites excluding steroid dienone is 1. The van der Waals surface area contributed by atoms with Gasteiger partial charge in [0, 0.05) is 0 Å². The van der Waals surface area contributed by atoms with Crippen molar-refractivity contribution in [2.45, 2.75) is 98.0 Å². The fraction of sp³-hybridized carbons (Fsp3) is 0.810. The van der Waals surface area contributed by atoms with Crippen molar-refractivity contribution in [1.29, 1.82) is 0 Å². The second-order valence-corrected chi connectivity index (χ2v) is 7.00. The van der Waals surface area contributed by atoms with Crippen molar-refractivity contribution in [3.8, 4) is 0 Å². The second-order valence-electron chi connectivity index (χ2n) is 7.00. The lowest BCUT2D eigenvalue weighted by Gasteiger charge is -2.16. The van der Waals surface area contributed by atoms with Crippen LogP contribution in [-0.4, -0.2) is 24.6 Å². The highest BCUT2D eigenvalue weighted by atomic mass is 16.5. The zero-order valence-corrected chi connectivity index (χ0v) is 16.7. The Hall–Kier alpha value is -1.32. The Labute approximate surface area is 154 Å². The summed E-state index contributed by atoms with van der Waals surface area (Å²) in [4.78, 5) is 23.1. The van der Waals surface area contributed by atoms with Gasteiger partial charge in [0.15, 0.2) is 0 Å². The van der Waals surface area contributed by atoms with Gasteiger partial charge < -0.3 is 9.47 Å². The van der Waals surface area contributed by atoms with Crippen molar-refractivity contribution < 1.29 is 19.1 Å². The van der Waals surface area contributed by atoms with Crippen LogP contribution in [-0.2, 0) is 19.1 Å². The average Bonchev–Trinajstić information content (AvgIpc) is 2.57. The van der Waals surface area contributed by atoms with Crippen LogP contribution in [0.25, 0.3) is 0 Å². The van der Waals surface area contributed by atoms with Gasteiger partial charge in [-0.2, -0.15) is 0 Å². The molecule has 0 radical (unpaired) electrons. The zero-order valence-electron chi connectivity index (χ0n) is 16.7. The van der Waals surface area contributed by atoms with E-state index >= 15 is 0 Å². The van der Waals surface area contributed by atoms with Crippen LogP contribution in [0.15, 0.2) is 12.2 Å². The summed E-state index contributed by atoms with van der Waals surface area (Å²) < 4.78 is 10.3. The van der Waals surface area contributed by atoms with Gasteiger partial charge >= 0.3 is 11.9 Å². The van der Waals surface area contributed by atoms with Gasteiger partial charge in [0.1, 0.15) is 12.7 Å². The van der Waals surface area contributed by atoms with Gasteiger partial charge in [-0.1, -0.05) is 71.4 Å². The molecule has 1 atom stereocenters. The average molecular weight is 355 g/mol. The molecule has 0 aromatic rings. The summed E-state index contributed by atoms with van der Waals surface area (Å²) in [5.74, 6) is -0.417. The van der Waals surface area contributed by atoms with Gasteiger partial charge in [-0.05, 0) is 25.7 Å². The second kappa shape index (κ2) is 16.2. The molecule has 1 unspecified atom stereocenters. The van der Waals surface area contributed by atoms with E-state index in [0.29, 0.717) is 0 Å². The fourth-order valence-electron chi connectivity index (χ4n) is 2.22. The first-order chi connectivity index (χ1) is 12.0. The summed E-state index contributed by atoms with van der Waals surface area (Å²) in [5.41, 5.74) is 0. The third-order valence-electron chi connectivity index (χ3n) is 4.27. The monoisotopic (exact) mass is 354 g/mol. The number of rotatable bonds is 15. The predicted molar refractivity (Wildman–Crippen MR) is 102 cm³/mol. The lowest BCUT2D eigenvalue weighted by Crippen LogP contribution is -2.20. The van der Waals surface area contributed by atoms with Crippen LogP contribution in [0.2, 0.25) is 0 Å². The summed E-state index contributed by atoms with van der Waals surface area (Å²) >= 11 is 0. The van der Waals surface area contributed by atoms with E-state index in [9.17, 15) is 9.59 Å². The normalized spacial score (nSPS) is 12.5. The van der Waals surface area contributed by atoms with Crippen LogP contribution >= 0.6 is 0 Å². The highest BCUT2D eigenvalue weighted by molar-refractivity contribution is 5.77. The van der Waals surface area contributed by atoms with Crippen molar-refractivity contribution in [2.75, 3.05) is 6.61 Å². The molecule has 0 N–H and O–H groups in total. The Morgan fingerprint density at radius 3 is 2.08 bits per heavy atom. The first kappa shape index (κ1) is 23.7. The summed E-state index contributed by atoms with van der Waals surface area (Å²) in [6.07, 6.45) is 14.1. The number of hydrogen-bond donors (Lipinski definition) is 0. The minimum atomic E-state index is -0.352. The van der Waals surface area contributed by atoms with Gasteiger partial charge in [0.2, 0.25) is 0 Å². The van der Waals surface area contributed by atoms with E-state index in [0.717, 1.165) is 6.42 Å². The molecule has 25 heavy (non-hydrogen) atoms. The lowest BCUT2D eigenvalue weighted by atomic mass is 10.1. The smallest absolute Gasteiger partial charge is 0.306 e. The molecule has 0 rings (SSSR count). The fourth-order valence-corrected chi connectivity index (χ4v) is 2.22. The van der Waals surface area contributed by atoms with Gasteiger partial charge in [-0.25, -0.2) is 0 Å². The summed E-state index contributed by atoms with van der Waals surface area (Å²) in [6.45, 7) is 8.36. The first-order valence-electron chi connectivity index (χ1n) is 9.97. The maximum absolute atomic E-state index is 11.6. The Morgan fingerprint density at radius 2 is 1.44 bits per heavy atom. The summed E-state index contributed by atoms with van der Waals surface area (Å²) in [6, 6.07) is 0. The van der Waals surface area contributed by atoms with E-state index in [2.05, 4.69) is 13.0 Å². The van der Waals surface area contributed by atoms with E-state index in [-0.39, 0.29) is 43.4 Å². The zero-order chi connectivity index (χ0) is 18.9. The first-order valence-corrected chi connectivity index (χ1v) is 9.97. The van der Waals surface area contributed by atoms with Gasteiger partial charge in [0.05, 0.1) is 12.8 Å². The third-order valence-corrected chi connectivity index (χ3v) is 4.27. The standard InChI is InChI=1S/C21H38O4/c1-5-6-7-8-9-10-11-12-13-14-17-24-20(22)15-16-21(23)25-19(4)18(2)3/h13-14,18-19H,5-12,15-17H2,1-4H3/b14-13+. The number of hydrogen-bond acceptors (Lipinski definition) is 4. The molecule has 0 aromatic carbocycles. The molecule has 0 fully saturated rings. The maximum atomic E-state index is 11.6. The SMILES string of the molecule is CCCCCCCCC/C=C/COC(=O)CCC(=O)OC(C)C(C)C. The van der Waals surface area contributed by atoms with Gasteiger partial charge in [-0.3, -0.25) is 9.59 Å². The molecule has 146 valence electrons. The highest BCUT2D eigenvalue weighted by Crippen LogP contribution is 2.09. The minimum Gasteiger partial charge on any atom is -0.462 e. The van der Waals surface area contributed by atoms with Crippen molar-refractivity contribution >= 4 is 11.9 Å². The molecule has 0 aliphatic heterocycles. The van der Waals surface area contributed by atoms with Gasteiger partial charge in [-0.15, -0.1) is 0 Å². The van der Waals surface area contributed by atoms with Crippen molar-refractivity contribution in [3.63, 3.8) is 0 Å². The van der Waals surface area contributed by atoms with Crippen LogP contribution in [0.3, 0.4) is 0 Å². The predicted octanol–water partition coefficient (Wildman–Crippen LogP) is 5.59. The third kappa shape index (κ3) is 15.9. The molecule has 0 aliphatic carbocycles. The maximum Gasteiger partial charge on any atom is 0.306 e. The molecule has 0 saturated carbocycles. The van der Waals surface area contributed by atoms with Crippen LogP contribution in [0.1, 0.15) is 91.9 Å². The molecule has 4 nitrogen and oxygen atoms in total. The number of carbonyl (C=O) groups is 2. The van der Waals surface area contributed by atoms with E-state index in [4.69, 9.17) is 9.47 Å². The van der Waals surface area contributed by atoms with Crippen LogP contribution in [0.4, 0.5) is 0 Å². The number of ether oxygens (including phenoxy) is 2. The Balaban J connectivity index is 3.52. The number of unbranched alkanes of at least 4 members (excludes halogenated alkanes) is 7. The van der Waals surface area contributed by atoms with E-state index in [1.807, 2.05) is 26.8 Å².